The standard InChI is InChI=1S/C13H17BrN4O/c14-11-5-3-8-18-12(11)16-13(17-18)15-7-6-10-4-1-2-9-19-10/h3,5,8,10H,1-2,4,6-7,9H2,(H,15,17). The number of pyridine rings is 1. The molecule has 3 heterocycles. The monoisotopic (exact) mass is 324 g/mol. The summed E-state index contributed by atoms with van der Waals surface area (Å²) in [6.07, 6.45) is 6.95. The van der Waals surface area contributed by atoms with Crippen molar-refractivity contribution in [3.63, 3.8) is 0 Å². The lowest BCUT2D eigenvalue weighted by molar-refractivity contribution is 0.0134. The van der Waals surface area contributed by atoms with Crippen LogP contribution in [0, 0.1) is 0 Å². The van der Waals surface area contributed by atoms with E-state index >= 15 is 0 Å². The maximum Gasteiger partial charge on any atom is 0.243 e. The van der Waals surface area contributed by atoms with Gasteiger partial charge in [0.15, 0.2) is 5.65 Å². The SMILES string of the molecule is Brc1cccn2nc(NCCC3CCCCO3)nc12. The minimum Gasteiger partial charge on any atom is -0.378 e. The highest BCUT2D eigenvalue weighted by atomic mass is 79.9. The Morgan fingerprint density at radius 1 is 1.47 bits per heavy atom. The van der Waals surface area contributed by atoms with E-state index in [0.29, 0.717) is 12.1 Å². The molecule has 2 aromatic heterocycles. The average Bonchev–Trinajstić information content (AvgIpc) is 2.84. The van der Waals surface area contributed by atoms with E-state index in [4.69, 9.17) is 4.74 Å². The van der Waals surface area contributed by atoms with Crippen LogP contribution >= 0.6 is 15.9 Å². The van der Waals surface area contributed by atoms with Crippen molar-refractivity contribution in [3.8, 4) is 0 Å². The molecule has 1 N–H and O–H groups in total. The van der Waals surface area contributed by atoms with Crippen LogP contribution in [-0.2, 0) is 4.74 Å². The number of halogens is 1. The normalized spacial score (nSPS) is 19.7. The molecule has 102 valence electrons. The Kier molecular flexibility index (Phi) is 3.98. The van der Waals surface area contributed by atoms with E-state index < -0.39 is 0 Å². The average molecular weight is 325 g/mol. The van der Waals surface area contributed by atoms with E-state index in [0.717, 1.165) is 29.7 Å². The van der Waals surface area contributed by atoms with Gasteiger partial charge in [0.1, 0.15) is 0 Å². The first-order chi connectivity index (χ1) is 9.33. The molecule has 1 atom stereocenters. The molecule has 1 saturated heterocycles. The van der Waals surface area contributed by atoms with Gasteiger partial charge in [0.05, 0.1) is 10.6 Å². The predicted octanol–water partition coefficient (Wildman–Crippen LogP) is 2.86. The predicted molar refractivity (Wildman–Crippen MR) is 77.4 cm³/mol. The molecule has 1 unspecified atom stereocenters. The molecule has 5 nitrogen and oxygen atoms in total. The van der Waals surface area contributed by atoms with Crippen LogP contribution in [0.25, 0.3) is 5.65 Å². The number of hydrogen-bond donors (Lipinski definition) is 1. The number of ether oxygens (including phenoxy) is 1. The highest BCUT2D eigenvalue weighted by molar-refractivity contribution is 9.10. The molecule has 0 spiro atoms. The number of hydrogen-bond acceptors (Lipinski definition) is 4. The van der Waals surface area contributed by atoms with Crippen LogP contribution in [0.1, 0.15) is 25.7 Å². The quantitative estimate of drug-likeness (QED) is 0.939. The van der Waals surface area contributed by atoms with Gasteiger partial charge >= 0.3 is 0 Å². The zero-order valence-electron chi connectivity index (χ0n) is 10.7. The van der Waals surface area contributed by atoms with E-state index in [9.17, 15) is 0 Å². The summed E-state index contributed by atoms with van der Waals surface area (Å²) in [7, 11) is 0. The molecule has 1 aliphatic rings. The molecule has 3 rings (SSSR count). The van der Waals surface area contributed by atoms with Gasteiger partial charge in [0.2, 0.25) is 5.95 Å². The maximum atomic E-state index is 5.70. The molecular weight excluding hydrogens is 308 g/mol. The second-order valence-electron chi connectivity index (χ2n) is 4.76. The van der Waals surface area contributed by atoms with Gasteiger partial charge in [-0.15, -0.1) is 5.10 Å². The molecular formula is C13H17BrN4O. The number of nitrogens with one attached hydrogen (secondary N) is 1. The van der Waals surface area contributed by atoms with Gasteiger partial charge < -0.3 is 10.1 Å². The highest BCUT2D eigenvalue weighted by Crippen LogP contribution is 2.18. The molecule has 0 saturated carbocycles. The lowest BCUT2D eigenvalue weighted by Crippen LogP contribution is -2.22. The fraction of sp³-hybridized carbons (Fsp3) is 0.538. The van der Waals surface area contributed by atoms with Gasteiger partial charge in [-0.05, 0) is 53.7 Å². The minimum absolute atomic E-state index is 0.394. The molecule has 0 aliphatic carbocycles. The van der Waals surface area contributed by atoms with Crippen LogP contribution in [-0.4, -0.2) is 33.9 Å². The third-order valence-corrected chi connectivity index (χ3v) is 3.96. The van der Waals surface area contributed by atoms with E-state index in [-0.39, 0.29) is 0 Å². The third kappa shape index (κ3) is 3.06. The number of aromatic nitrogens is 3. The van der Waals surface area contributed by atoms with Crippen LogP contribution in [0.15, 0.2) is 22.8 Å². The van der Waals surface area contributed by atoms with Crippen molar-refractivity contribution < 1.29 is 4.74 Å². The molecule has 19 heavy (non-hydrogen) atoms. The van der Waals surface area contributed by atoms with E-state index in [2.05, 4.69) is 31.3 Å². The van der Waals surface area contributed by atoms with Crippen LogP contribution in [0.4, 0.5) is 5.95 Å². The molecule has 2 aromatic rings. The maximum absolute atomic E-state index is 5.70. The van der Waals surface area contributed by atoms with Gasteiger partial charge in [0, 0.05) is 19.3 Å². The van der Waals surface area contributed by atoms with Gasteiger partial charge in [-0.2, -0.15) is 4.98 Å². The van der Waals surface area contributed by atoms with Crippen molar-refractivity contribution in [2.45, 2.75) is 31.8 Å². The zero-order chi connectivity index (χ0) is 13.1. The van der Waals surface area contributed by atoms with Crippen molar-refractivity contribution in [1.29, 1.82) is 0 Å². The Hall–Kier alpha value is -1.14. The second kappa shape index (κ2) is 5.88. The Labute approximate surface area is 120 Å². The molecule has 0 bridgehead atoms. The van der Waals surface area contributed by atoms with Crippen molar-refractivity contribution in [1.82, 2.24) is 14.6 Å². The largest absolute Gasteiger partial charge is 0.378 e. The summed E-state index contributed by atoms with van der Waals surface area (Å²) in [5.41, 5.74) is 0.832. The highest BCUT2D eigenvalue weighted by Gasteiger charge is 2.13. The Morgan fingerprint density at radius 3 is 3.21 bits per heavy atom. The van der Waals surface area contributed by atoms with Gasteiger partial charge in [0.25, 0.3) is 0 Å². The molecule has 0 aromatic carbocycles. The van der Waals surface area contributed by atoms with E-state index in [1.165, 1.54) is 19.3 Å². The minimum atomic E-state index is 0.394. The fourth-order valence-corrected chi connectivity index (χ4v) is 2.75. The van der Waals surface area contributed by atoms with Crippen LogP contribution in [0.3, 0.4) is 0 Å². The first-order valence-electron chi connectivity index (χ1n) is 6.69. The smallest absolute Gasteiger partial charge is 0.243 e. The summed E-state index contributed by atoms with van der Waals surface area (Å²) in [6, 6.07) is 3.90. The Morgan fingerprint density at radius 2 is 2.42 bits per heavy atom. The summed E-state index contributed by atoms with van der Waals surface area (Å²) in [5, 5.41) is 7.64. The Bertz CT molecular complexity index is 551. The van der Waals surface area contributed by atoms with Gasteiger partial charge in [-0.1, -0.05) is 0 Å². The zero-order valence-corrected chi connectivity index (χ0v) is 12.3. The Balaban J connectivity index is 1.57. The molecule has 1 fully saturated rings. The number of anilines is 1. The number of fused-ring (bicyclic) bond motifs is 1. The van der Waals surface area contributed by atoms with Crippen molar-refractivity contribution in [3.05, 3.63) is 22.8 Å². The lowest BCUT2D eigenvalue weighted by atomic mass is 10.1. The summed E-state index contributed by atoms with van der Waals surface area (Å²) in [4.78, 5) is 4.45. The topological polar surface area (TPSA) is 51.5 Å². The molecule has 0 radical (unpaired) electrons. The van der Waals surface area contributed by atoms with Crippen molar-refractivity contribution in [2.24, 2.45) is 0 Å². The van der Waals surface area contributed by atoms with E-state index in [1.807, 2.05) is 18.3 Å². The van der Waals surface area contributed by atoms with Crippen LogP contribution in [0.2, 0.25) is 0 Å². The summed E-state index contributed by atoms with van der Waals surface area (Å²) in [6.45, 7) is 1.75. The number of rotatable bonds is 4. The third-order valence-electron chi connectivity index (χ3n) is 3.34. The fourth-order valence-electron chi connectivity index (χ4n) is 2.33. The van der Waals surface area contributed by atoms with Gasteiger partial charge in [-0.25, -0.2) is 4.52 Å². The first-order valence-corrected chi connectivity index (χ1v) is 7.48. The summed E-state index contributed by atoms with van der Waals surface area (Å²) < 4.78 is 8.42. The van der Waals surface area contributed by atoms with Crippen molar-refractivity contribution >= 4 is 27.5 Å². The first kappa shape index (κ1) is 12.9. The lowest BCUT2D eigenvalue weighted by Gasteiger charge is -2.22. The van der Waals surface area contributed by atoms with Crippen molar-refractivity contribution in [2.75, 3.05) is 18.5 Å². The molecule has 6 heteroatoms. The van der Waals surface area contributed by atoms with Crippen LogP contribution in [0.5, 0.6) is 0 Å². The number of nitrogens with zero attached hydrogens (tertiary/aromatic N) is 3. The van der Waals surface area contributed by atoms with Crippen LogP contribution < -0.4 is 5.32 Å². The molecule has 1 aliphatic heterocycles. The summed E-state index contributed by atoms with van der Waals surface area (Å²) >= 11 is 3.47. The second-order valence-corrected chi connectivity index (χ2v) is 5.62. The summed E-state index contributed by atoms with van der Waals surface area (Å²) in [5.74, 6) is 0.669. The van der Waals surface area contributed by atoms with E-state index in [1.54, 1.807) is 4.52 Å². The van der Waals surface area contributed by atoms with Gasteiger partial charge in [-0.3, -0.25) is 0 Å². The molecule has 0 amide bonds.